The molecule has 120 valence electrons. The first-order chi connectivity index (χ1) is 12.9. The van der Waals surface area contributed by atoms with Crippen molar-refractivity contribution >= 4 is 54.6 Å². The predicted octanol–water partition coefficient (Wildman–Crippen LogP) is 5.03. The Morgan fingerprint density at radius 2 is 0.962 bits per heavy atom. The van der Waals surface area contributed by atoms with Crippen LogP contribution in [-0.2, 0) is 0 Å². The third kappa shape index (κ3) is 1.73. The summed E-state index contributed by atoms with van der Waals surface area (Å²) in [7, 11) is 0. The second-order valence-corrected chi connectivity index (χ2v) is 6.40. The topological polar surface area (TPSA) is 51.6 Å². The van der Waals surface area contributed by atoms with E-state index < -0.39 is 0 Å². The number of nitrogens with zero attached hydrogens (tertiary/aromatic N) is 4. The van der Waals surface area contributed by atoms with Gasteiger partial charge in [-0.2, -0.15) is 0 Å². The minimum Gasteiger partial charge on any atom is -0.241 e. The summed E-state index contributed by atoms with van der Waals surface area (Å²) in [5.41, 5.74) is 3.99. The fraction of sp³-hybridized carbons (Fsp3) is 0. The molecule has 0 spiro atoms. The Bertz CT molecular complexity index is 1490. The van der Waals surface area contributed by atoms with Crippen molar-refractivity contribution < 1.29 is 0 Å². The van der Waals surface area contributed by atoms with E-state index in [1.54, 1.807) is 0 Å². The van der Waals surface area contributed by atoms with Gasteiger partial charge in [0.25, 0.3) is 0 Å². The molecular formula is C22H12N4. The molecule has 2 heterocycles. The number of benzene rings is 4. The van der Waals surface area contributed by atoms with E-state index in [-0.39, 0.29) is 0 Å². The van der Waals surface area contributed by atoms with Gasteiger partial charge in [0.2, 0.25) is 5.65 Å². The van der Waals surface area contributed by atoms with Gasteiger partial charge in [0, 0.05) is 16.2 Å². The Balaban J connectivity index is 1.95. The van der Waals surface area contributed by atoms with Crippen LogP contribution in [0, 0.1) is 0 Å². The number of hydrogen-bond donors (Lipinski definition) is 0. The zero-order chi connectivity index (χ0) is 17.1. The summed E-state index contributed by atoms with van der Waals surface area (Å²) in [6.45, 7) is 0. The zero-order valence-corrected chi connectivity index (χ0v) is 13.7. The van der Waals surface area contributed by atoms with Crippen LogP contribution in [0.4, 0.5) is 0 Å². The highest BCUT2D eigenvalue weighted by atomic mass is 15.1. The van der Waals surface area contributed by atoms with E-state index >= 15 is 0 Å². The minimum atomic E-state index is 0.580. The molecule has 0 saturated heterocycles. The second-order valence-electron chi connectivity index (χ2n) is 6.40. The van der Waals surface area contributed by atoms with Gasteiger partial charge in [0.15, 0.2) is 0 Å². The van der Waals surface area contributed by atoms with Crippen LogP contribution in [0.5, 0.6) is 0 Å². The molecule has 0 fully saturated rings. The fourth-order valence-corrected chi connectivity index (χ4v) is 3.76. The molecule has 0 aliphatic carbocycles. The maximum atomic E-state index is 5.02. The van der Waals surface area contributed by atoms with E-state index in [1.807, 2.05) is 36.4 Å². The van der Waals surface area contributed by atoms with E-state index in [0.29, 0.717) is 5.65 Å². The lowest BCUT2D eigenvalue weighted by molar-refractivity contribution is 1.09. The lowest BCUT2D eigenvalue weighted by Crippen LogP contribution is -1.96. The highest BCUT2D eigenvalue weighted by Gasteiger charge is 2.13. The maximum absolute atomic E-state index is 5.02. The number of rotatable bonds is 0. The smallest absolute Gasteiger partial charge is 0.201 e. The number of hydrogen-bond acceptors (Lipinski definition) is 4. The van der Waals surface area contributed by atoms with Crippen LogP contribution < -0.4 is 0 Å². The summed E-state index contributed by atoms with van der Waals surface area (Å²) in [5, 5.41) is 14.2. The van der Waals surface area contributed by atoms with Crippen molar-refractivity contribution in [3.8, 4) is 0 Å². The van der Waals surface area contributed by atoms with Crippen molar-refractivity contribution in [3.05, 3.63) is 72.8 Å². The monoisotopic (exact) mass is 332 g/mol. The Labute approximate surface area is 148 Å². The van der Waals surface area contributed by atoms with Crippen molar-refractivity contribution in [2.75, 3.05) is 0 Å². The Morgan fingerprint density at radius 3 is 1.65 bits per heavy atom. The van der Waals surface area contributed by atoms with Crippen LogP contribution in [0.3, 0.4) is 0 Å². The standard InChI is InChI=1S/C22H12N4/c1-3-9-15-13(7-1)14-8-2-4-10-16(14)20-19(15)23-21-17-11-5-6-12-18(17)25-26-22(21)24-20/h1-12H. The summed E-state index contributed by atoms with van der Waals surface area (Å²) in [6.07, 6.45) is 0. The molecule has 0 N–H and O–H groups in total. The van der Waals surface area contributed by atoms with E-state index in [1.165, 1.54) is 10.8 Å². The van der Waals surface area contributed by atoms with Crippen LogP contribution in [0.2, 0.25) is 0 Å². The van der Waals surface area contributed by atoms with Gasteiger partial charge in [-0.05, 0) is 16.8 Å². The van der Waals surface area contributed by atoms with Gasteiger partial charge in [0.1, 0.15) is 5.52 Å². The van der Waals surface area contributed by atoms with Gasteiger partial charge in [-0.15, -0.1) is 10.2 Å². The van der Waals surface area contributed by atoms with Crippen molar-refractivity contribution in [2.45, 2.75) is 0 Å². The fourth-order valence-electron chi connectivity index (χ4n) is 3.76. The van der Waals surface area contributed by atoms with Crippen molar-refractivity contribution in [2.24, 2.45) is 0 Å². The SMILES string of the molecule is c1ccc2c(c1)nnc1nc3c4ccccc4c4ccccc4c3nc12. The molecule has 0 radical (unpaired) electrons. The van der Waals surface area contributed by atoms with E-state index in [0.717, 1.165) is 38.2 Å². The molecule has 4 heteroatoms. The molecule has 0 saturated carbocycles. The summed E-state index contributed by atoms with van der Waals surface area (Å²) in [6, 6.07) is 24.6. The molecule has 26 heavy (non-hydrogen) atoms. The van der Waals surface area contributed by atoms with Crippen molar-refractivity contribution in [1.82, 2.24) is 20.2 Å². The van der Waals surface area contributed by atoms with Gasteiger partial charge in [-0.1, -0.05) is 66.7 Å². The molecule has 0 bridgehead atoms. The van der Waals surface area contributed by atoms with Crippen LogP contribution in [-0.4, -0.2) is 20.2 Å². The third-order valence-electron chi connectivity index (χ3n) is 4.94. The molecule has 6 aromatic rings. The lowest BCUT2D eigenvalue weighted by Gasteiger charge is -2.10. The summed E-state index contributed by atoms with van der Waals surface area (Å²) in [4.78, 5) is 9.89. The molecule has 0 aliphatic rings. The van der Waals surface area contributed by atoms with E-state index in [4.69, 9.17) is 9.97 Å². The maximum Gasteiger partial charge on any atom is 0.201 e. The molecular weight excluding hydrogens is 320 g/mol. The van der Waals surface area contributed by atoms with Crippen molar-refractivity contribution in [3.63, 3.8) is 0 Å². The van der Waals surface area contributed by atoms with Crippen LogP contribution >= 0.6 is 0 Å². The number of aromatic nitrogens is 4. The normalized spacial score (nSPS) is 11.8. The molecule has 4 nitrogen and oxygen atoms in total. The Kier molecular flexibility index (Phi) is 2.58. The van der Waals surface area contributed by atoms with Gasteiger partial charge < -0.3 is 0 Å². The molecule has 4 aromatic carbocycles. The highest BCUT2D eigenvalue weighted by molar-refractivity contribution is 6.24. The van der Waals surface area contributed by atoms with Crippen LogP contribution in [0.25, 0.3) is 54.6 Å². The molecule has 0 atom stereocenters. The van der Waals surface area contributed by atoms with Crippen LogP contribution in [0.15, 0.2) is 72.8 Å². The molecule has 6 rings (SSSR count). The second kappa shape index (κ2) is 4.92. The first-order valence-corrected chi connectivity index (χ1v) is 8.52. The van der Waals surface area contributed by atoms with E-state index in [2.05, 4.69) is 46.6 Å². The van der Waals surface area contributed by atoms with E-state index in [9.17, 15) is 0 Å². The summed E-state index contributed by atoms with van der Waals surface area (Å²) in [5.74, 6) is 0. The first-order valence-electron chi connectivity index (χ1n) is 8.52. The molecule has 0 aliphatic heterocycles. The largest absolute Gasteiger partial charge is 0.241 e. The number of fused-ring (bicyclic) bond motifs is 9. The Morgan fingerprint density at radius 1 is 0.423 bits per heavy atom. The van der Waals surface area contributed by atoms with Crippen LogP contribution in [0.1, 0.15) is 0 Å². The minimum absolute atomic E-state index is 0.580. The van der Waals surface area contributed by atoms with Gasteiger partial charge >= 0.3 is 0 Å². The molecule has 0 amide bonds. The zero-order valence-electron chi connectivity index (χ0n) is 13.7. The average molecular weight is 332 g/mol. The summed E-state index contributed by atoms with van der Waals surface area (Å²) >= 11 is 0. The lowest BCUT2D eigenvalue weighted by atomic mass is 9.99. The molecule has 2 aromatic heterocycles. The first kappa shape index (κ1) is 13.6. The summed E-state index contributed by atoms with van der Waals surface area (Å²) < 4.78 is 0. The van der Waals surface area contributed by atoms with Crippen molar-refractivity contribution in [1.29, 1.82) is 0 Å². The quantitative estimate of drug-likeness (QED) is 0.289. The predicted molar refractivity (Wildman–Crippen MR) is 105 cm³/mol. The Hall–Kier alpha value is -3.66. The van der Waals surface area contributed by atoms with Gasteiger partial charge in [-0.3, -0.25) is 0 Å². The molecule has 0 unspecified atom stereocenters. The average Bonchev–Trinajstić information content (AvgIpc) is 2.73. The third-order valence-corrected chi connectivity index (χ3v) is 4.94. The highest BCUT2D eigenvalue weighted by Crippen LogP contribution is 2.34. The van der Waals surface area contributed by atoms with Gasteiger partial charge in [0.05, 0.1) is 16.6 Å². The van der Waals surface area contributed by atoms with Gasteiger partial charge in [-0.25, -0.2) is 9.97 Å².